The largest absolute Gasteiger partial charge is 0.460 e. The molecule has 3 nitrogen and oxygen atoms in total. The number of carbonyl (C=O) groups excluding carboxylic acids is 1. The average molecular weight is 490 g/mol. The maximum Gasteiger partial charge on any atom is 0.310 e. The number of esters is 1. The van der Waals surface area contributed by atoms with Crippen molar-refractivity contribution >= 4 is 37.8 Å². The SMILES string of the molecule is CC1(C)[C@@H](C=C(Br)Br)[C@@H]1C(=O)OCc1c(F)c(F)c(CO)c(F)c1F. The predicted molar refractivity (Wildman–Crippen MR) is 88.7 cm³/mol. The normalized spacial score (nSPS) is 21.0. The van der Waals surface area contributed by atoms with E-state index < -0.39 is 64.9 Å². The fraction of sp³-hybridized carbons (Fsp3) is 0.438. The monoisotopic (exact) mass is 488 g/mol. The molecular formula is C16H14Br2F4O3. The zero-order valence-electron chi connectivity index (χ0n) is 13.2. The summed E-state index contributed by atoms with van der Waals surface area (Å²) in [6.45, 7) is 1.49. The van der Waals surface area contributed by atoms with E-state index in [0.717, 1.165) is 0 Å². The molecule has 1 aliphatic carbocycles. The molecule has 138 valence electrons. The molecule has 2 rings (SSSR count). The lowest BCUT2D eigenvalue weighted by Gasteiger charge is -2.11. The van der Waals surface area contributed by atoms with Crippen LogP contribution < -0.4 is 0 Å². The van der Waals surface area contributed by atoms with Gasteiger partial charge in [-0.1, -0.05) is 19.9 Å². The van der Waals surface area contributed by atoms with Crippen LogP contribution in [0.4, 0.5) is 17.6 Å². The van der Waals surface area contributed by atoms with E-state index in [9.17, 15) is 22.4 Å². The number of halogens is 6. The highest BCUT2D eigenvalue weighted by Gasteiger charge is 2.61. The number of hydrogen-bond acceptors (Lipinski definition) is 3. The summed E-state index contributed by atoms with van der Waals surface area (Å²) < 4.78 is 60.5. The smallest absolute Gasteiger partial charge is 0.310 e. The van der Waals surface area contributed by atoms with Crippen LogP contribution in [0.5, 0.6) is 0 Å². The third kappa shape index (κ3) is 3.78. The van der Waals surface area contributed by atoms with Crippen molar-refractivity contribution < 1.29 is 32.2 Å². The molecule has 0 unspecified atom stereocenters. The van der Waals surface area contributed by atoms with E-state index in [1.165, 1.54) is 0 Å². The molecule has 0 spiro atoms. The number of aliphatic hydroxyl groups excluding tert-OH is 1. The van der Waals surface area contributed by atoms with Crippen LogP contribution in [0, 0.1) is 40.5 Å². The van der Waals surface area contributed by atoms with Crippen LogP contribution in [0.15, 0.2) is 9.47 Å². The first-order valence-corrected chi connectivity index (χ1v) is 8.76. The number of ether oxygens (including phenoxy) is 1. The van der Waals surface area contributed by atoms with Gasteiger partial charge in [-0.05, 0) is 43.2 Å². The van der Waals surface area contributed by atoms with Gasteiger partial charge in [0.1, 0.15) is 6.61 Å². The maximum absolute atomic E-state index is 13.9. The summed E-state index contributed by atoms with van der Waals surface area (Å²) >= 11 is 6.38. The minimum absolute atomic E-state index is 0.159. The molecule has 0 aliphatic heterocycles. The van der Waals surface area contributed by atoms with E-state index in [1.54, 1.807) is 6.08 Å². The Morgan fingerprint density at radius 2 is 1.60 bits per heavy atom. The Hall–Kier alpha value is -0.930. The van der Waals surface area contributed by atoms with Crippen molar-refractivity contribution in [2.75, 3.05) is 0 Å². The van der Waals surface area contributed by atoms with Crippen LogP contribution in [0.3, 0.4) is 0 Å². The number of hydrogen-bond donors (Lipinski definition) is 1. The predicted octanol–water partition coefficient (Wildman–Crippen LogP) is 4.68. The minimum Gasteiger partial charge on any atom is -0.460 e. The first-order chi connectivity index (χ1) is 11.5. The van der Waals surface area contributed by atoms with Crippen LogP contribution in [0.1, 0.15) is 25.0 Å². The Morgan fingerprint density at radius 1 is 1.12 bits per heavy atom. The number of allylic oxidation sites excluding steroid dienone is 1. The Kier molecular flexibility index (Phi) is 6.00. The highest BCUT2D eigenvalue weighted by Crippen LogP contribution is 2.60. The fourth-order valence-corrected chi connectivity index (χ4v) is 3.37. The first kappa shape index (κ1) is 20.4. The van der Waals surface area contributed by atoms with Crippen LogP contribution in [-0.2, 0) is 22.7 Å². The van der Waals surface area contributed by atoms with Gasteiger partial charge in [-0.25, -0.2) is 17.6 Å². The molecular weight excluding hydrogens is 476 g/mol. The number of benzene rings is 1. The van der Waals surface area contributed by atoms with Gasteiger partial charge in [0.05, 0.1) is 27.0 Å². The summed E-state index contributed by atoms with van der Waals surface area (Å²) in [5.41, 5.74) is -2.56. The average Bonchev–Trinajstić information content (AvgIpc) is 3.05. The topological polar surface area (TPSA) is 46.5 Å². The van der Waals surface area contributed by atoms with Crippen molar-refractivity contribution in [2.45, 2.75) is 27.1 Å². The van der Waals surface area contributed by atoms with Gasteiger partial charge in [-0.3, -0.25) is 4.79 Å². The van der Waals surface area contributed by atoms with Gasteiger partial charge in [0.15, 0.2) is 23.3 Å². The van der Waals surface area contributed by atoms with Crippen molar-refractivity contribution in [3.8, 4) is 0 Å². The third-order valence-electron chi connectivity index (χ3n) is 4.43. The van der Waals surface area contributed by atoms with E-state index in [-0.39, 0.29) is 5.92 Å². The Balaban J connectivity index is 2.18. The molecule has 0 aromatic heterocycles. The molecule has 0 saturated heterocycles. The molecule has 1 N–H and O–H groups in total. The van der Waals surface area contributed by atoms with Crippen molar-refractivity contribution in [1.82, 2.24) is 0 Å². The van der Waals surface area contributed by atoms with Crippen molar-refractivity contribution in [3.63, 3.8) is 0 Å². The first-order valence-electron chi connectivity index (χ1n) is 7.18. The summed E-state index contributed by atoms with van der Waals surface area (Å²) in [6, 6.07) is 0. The summed E-state index contributed by atoms with van der Waals surface area (Å²) in [5.74, 6) is -8.22. The minimum atomic E-state index is -1.71. The second kappa shape index (κ2) is 7.36. The third-order valence-corrected chi connectivity index (χ3v) is 4.96. The molecule has 1 aliphatic rings. The molecule has 1 fully saturated rings. The lowest BCUT2D eigenvalue weighted by atomic mass is 10.1. The molecule has 1 saturated carbocycles. The van der Waals surface area contributed by atoms with Gasteiger partial charge in [0.25, 0.3) is 0 Å². The van der Waals surface area contributed by atoms with Crippen LogP contribution in [0.25, 0.3) is 0 Å². The Labute approximate surface area is 158 Å². The van der Waals surface area contributed by atoms with Gasteiger partial charge in [-0.15, -0.1) is 0 Å². The fourth-order valence-electron chi connectivity index (χ4n) is 2.80. The zero-order valence-corrected chi connectivity index (χ0v) is 16.3. The van der Waals surface area contributed by atoms with Gasteiger partial charge in [0, 0.05) is 0 Å². The second-order valence-corrected chi connectivity index (χ2v) is 9.03. The van der Waals surface area contributed by atoms with Crippen LogP contribution >= 0.6 is 31.9 Å². The van der Waals surface area contributed by atoms with Crippen molar-refractivity contribution in [3.05, 3.63) is 43.9 Å². The Morgan fingerprint density at radius 3 is 2.04 bits per heavy atom. The number of carbonyl (C=O) groups is 1. The summed E-state index contributed by atoms with van der Waals surface area (Å²) in [7, 11) is 0. The van der Waals surface area contributed by atoms with E-state index >= 15 is 0 Å². The van der Waals surface area contributed by atoms with Gasteiger partial charge < -0.3 is 9.84 Å². The number of rotatable bonds is 5. The molecule has 9 heteroatoms. The van der Waals surface area contributed by atoms with Crippen LogP contribution in [0.2, 0.25) is 0 Å². The maximum atomic E-state index is 13.9. The standard InChI is InChI=1S/C16H14Br2F4O3/c1-16(2)8(3-9(17)18)10(16)15(24)25-5-7-13(21)11(19)6(4-23)12(20)14(7)22/h3,8,10,23H,4-5H2,1-2H3/t8-,10+/m0/s1. The highest BCUT2D eigenvalue weighted by molar-refractivity contribution is 9.28. The molecule has 2 atom stereocenters. The lowest BCUT2D eigenvalue weighted by molar-refractivity contribution is -0.147. The molecule has 1 aromatic carbocycles. The molecule has 0 radical (unpaired) electrons. The molecule has 25 heavy (non-hydrogen) atoms. The quantitative estimate of drug-likeness (QED) is 0.371. The number of aliphatic hydroxyl groups is 1. The highest BCUT2D eigenvalue weighted by atomic mass is 79.9. The summed E-state index contributed by atoms with van der Waals surface area (Å²) in [4.78, 5) is 12.1. The van der Waals surface area contributed by atoms with E-state index in [2.05, 4.69) is 31.9 Å². The summed E-state index contributed by atoms with van der Waals surface area (Å²) in [5, 5.41) is 8.79. The molecule has 1 aromatic rings. The van der Waals surface area contributed by atoms with E-state index in [1.807, 2.05) is 13.8 Å². The van der Waals surface area contributed by atoms with Crippen LogP contribution in [-0.4, -0.2) is 11.1 Å². The van der Waals surface area contributed by atoms with Crippen molar-refractivity contribution in [1.29, 1.82) is 0 Å². The van der Waals surface area contributed by atoms with Gasteiger partial charge >= 0.3 is 5.97 Å². The summed E-state index contributed by atoms with van der Waals surface area (Å²) in [6.07, 6.45) is 1.75. The van der Waals surface area contributed by atoms with Gasteiger partial charge in [-0.2, -0.15) is 0 Å². The van der Waals surface area contributed by atoms with E-state index in [0.29, 0.717) is 3.39 Å². The van der Waals surface area contributed by atoms with E-state index in [4.69, 9.17) is 9.84 Å². The second-order valence-electron chi connectivity index (χ2n) is 6.26. The lowest BCUT2D eigenvalue weighted by Crippen LogP contribution is -2.14. The Bertz CT molecular complexity index is 716. The molecule has 0 bridgehead atoms. The zero-order chi connectivity index (χ0) is 19.1. The van der Waals surface area contributed by atoms with Crippen molar-refractivity contribution in [2.24, 2.45) is 17.3 Å². The van der Waals surface area contributed by atoms with Gasteiger partial charge in [0.2, 0.25) is 0 Å². The molecule has 0 amide bonds. The molecule has 0 heterocycles.